The Morgan fingerprint density at radius 2 is 2.28 bits per heavy atom. The first kappa shape index (κ1) is 13.3. The van der Waals surface area contributed by atoms with Crippen LogP contribution in [-0.2, 0) is 4.74 Å². The molecule has 0 atom stereocenters. The molecule has 0 saturated carbocycles. The lowest BCUT2D eigenvalue weighted by atomic mass is 10.3. The summed E-state index contributed by atoms with van der Waals surface area (Å²) in [5, 5.41) is 5.30. The highest BCUT2D eigenvalue weighted by atomic mass is 79.9. The van der Waals surface area contributed by atoms with Crippen LogP contribution in [0.4, 0.5) is 5.82 Å². The third kappa shape index (κ3) is 2.81. The van der Waals surface area contributed by atoms with Gasteiger partial charge in [-0.05, 0) is 13.0 Å². The largest absolute Gasteiger partial charge is 0.383 e. The molecule has 18 heavy (non-hydrogen) atoms. The van der Waals surface area contributed by atoms with E-state index in [9.17, 15) is 0 Å². The van der Waals surface area contributed by atoms with E-state index < -0.39 is 0 Å². The molecule has 2 heterocycles. The van der Waals surface area contributed by atoms with Crippen molar-refractivity contribution in [1.29, 1.82) is 0 Å². The zero-order valence-corrected chi connectivity index (χ0v) is 12.2. The standard InChI is InChI=1S/C12H17BrN4O/c1-10-9-11-12(14-4-6-17(11)15-10)16(5-3-13)7-8-18-2/h4,6,9H,3,5,7-8H2,1-2H3. The maximum Gasteiger partial charge on any atom is 0.154 e. The predicted molar refractivity (Wildman–Crippen MR) is 75.6 cm³/mol. The first-order chi connectivity index (χ1) is 8.76. The molecular formula is C12H17BrN4O. The van der Waals surface area contributed by atoms with Gasteiger partial charge in [-0.25, -0.2) is 9.50 Å². The van der Waals surface area contributed by atoms with Gasteiger partial charge in [0.25, 0.3) is 0 Å². The van der Waals surface area contributed by atoms with Gasteiger partial charge in [0.1, 0.15) is 5.52 Å². The van der Waals surface area contributed by atoms with Gasteiger partial charge in [-0.15, -0.1) is 0 Å². The molecule has 0 spiro atoms. The van der Waals surface area contributed by atoms with Crippen molar-refractivity contribution >= 4 is 27.3 Å². The average molecular weight is 313 g/mol. The zero-order chi connectivity index (χ0) is 13.0. The summed E-state index contributed by atoms with van der Waals surface area (Å²) in [5.74, 6) is 0.953. The summed E-state index contributed by atoms with van der Waals surface area (Å²) in [5.41, 5.74) is 2.03. The molecule has 0 amide bonds. The number of ether oxygens (including phenoxy) is 1. The van der Waals surface area contributed by atoms with E-state index in [0.717, 1.165) is 35.4 Å². The van der Waals surface area contributed by atoms with Crippen LogP contribution in [0, 0.1) is 6.92 Å². The third-order valence-corrected chi connectivity index (χ3v) is 3.07. The molecule has 0 N–H and O–H groups in total. The van der Waals surface area contributed by atoms with E-state index in [1.165, 1.54) is 0 Å². The second-order valence-electron chi connectivity index (χ2n) is 4.04. The number of rotatable bonds is 6. The fraction of sp³-hybridized carbons (Fsp3) is 0.500. The maximum absolute atomic E-state index is 5.15. The monoisotopic (exact) mass is 312 g/mol. The minimum Gasteiger partial charge on any atom is -0.383 e. The Hall–Kier alpha value is -1.14. The molecule has 0 saturated heterocycles. The van der Waals surface area contributed by atoms with Gasteiger partial charge in [0.15, 0.2) is 5.82 Å². The van der Waals surface area contributed by atoms with Crippen molar-refractivity contribution in [3.63, 3.8) is 0 Å². The number of hydrogen-bond donors (Lipinski definition) is 0. The highest BCUT2D eigenvalue weighted by Crippen LogP contribution is 2.19. The Bertz CT molecular complexity index is 514. The topological polar surface area (TPSA) is 42.7 Å². The Labute approximate surface area is 115 Å². The molecule has 0 bridgehead atoms. The predicted octanol–water partition coefficient (Wildman–Crippen LogP) is 1.89. The molecule has 0 aliphatic carbocycles. The summed E-state index contributed by atoms with van der Waals surface area (Å²) >= 11 is 3.48. The SMILES string of the molecule is COCCN(CCBr)c1nccn2nc(C)cc12. The van der Waals surface area contributed by atoms with Crippen molar-refractivity contribution in [2.75, 3.05) is 37.0 Å². The van der Waals surface area contributed by atoms with E-state index in [-0.39, 0.29) is 0 Å². The lowest BCUT2D eigenvalue weighted by Crippen LogP contribution is -2.30. The van der Waals surface area contributed by atoms with E-state index in [2.05, 4.69) is 37.0 Å². The molecule has 0 aliphatic heterocycles. The molecule has 0 fully saturated rings. The van der Waals surface area contributed by atoms with Crippen LogP contribution in [0.15, 0.2) is 18.5 Å². The van der Waals surface area contributed by atoms with Crippen LogP contribution in [-0.4, -0.2) is 46.7 Å². The van der Waals surface area contributed by atoms with Gasteiger partial charge in [0.05, 0.1) is 12.3 Å². The van der Waals surface area contributed by atoms with Crippen LogP contribution in [0.3, 0.4) is 0 Å². The third-order valence-electron chi connectivity index (χ3n) is 2.71. The minimum absolute atomic E-state index is 0.683. The van der Waals surface area contributed by atoms with Crippen LogP contribution < -0.4 is 4.90 Å². The smallest absolute Gasteiger partial charge is 0.154 e. The average Bonchev–Trinajstić information content (AvgIpc) is 2.74. The normalized spacial score (nSPS) is 11.1. The zero-order valence-electron chi connectivity index (χ0n) is 10.6. The fourth-order valence-corrected chi connectivity index (χ4v) is 2.33. The molecule has 0 unspecified atom stereocenters. The molecule has 5 nitrogen and oxygen atoms in total. The van der Waals surface area contributed by atoms with Crippen LogP contribution >= 0.6 is 15.9 Å². The second kappa shape index (κ2) is 6.15. The van der Waals surface area contributed by atoms with E-state index in [1.54, 1.807) is 13.3 Å². The second-order valence-corrected chi connectivity index (χ2v) is 4.83. The number of hydrogen-bond acceptors (Lipinski definition) is 4. The molecule has 0 aromatic carbocycles. The highest BCUT2D eigenvalue weighted by molar-refractivity contribution is 9.09. The van der Waals surface area contributed by atoms with Gasteiger partial charge in [-0.1, -0.05) is 15.9 Å². The molecule has 0 aliphatic rings. The summed E-state index contributed by atoms with van der Waals surface area (Å²) in [4.78, 5) is 6.68. The van der Waals surface area contributed by atoms with Crippen molar-refractivity contribution in [2.45, 2.75) is 6.92 Å². The van der Waals surface area contributed by atoms with Crippen LogP contribution in [0.5, 0.6) is 0 Å². The number of fused-ring (bicyclic) bond motifs is 1. The van der Waals surface area contributed by atoms with E-state index in [4.69, 9.17) is 4.74 Å². The Morgan fingerprint density at radius 3 is 3.00 bits per heavy atom. The number of aromatic nitrogens is 3. The van der Waals surface area contributed by atoms with Crippen LogP contribution in [0.1, 0.15) is 5.69 Å². The quantitative estimate of drug-likeness (QED) is 0.764. The fourth-order valence-electron chi connectivity index (χ4n) is 1.90. The first-order valence-electron chi connectivity index (χ1n) is 5.87. The van der Waals surface area contributed by atoms with Gasteiger partial charge in [-0.3, -0.25) is 0 Å². The van der Waals surface area contributed by atoms with Crippen LogP contribution in [0.25, 0.3) is 5.52 Å². The van der Waals surface area contributed by atoms with Gasteiger partial charge in [0, 0.05) is 37.9 Å². The number of aryl methyl sites for hydroxylation is 1. The highest BCUT2D eigenvalue weighted by Gasteiger charge is 2.12. The number of nitrogens with zero attached hydrogens (tertiary/aromatic N) is 4. The first-order valence-corrected chi connectivity index (χ1v) is 6.99. The van der Waals surface area contributed by atoms with Gasteiger partial charge < -0.3 is 9.64 Å². The maximum atomic E-state index is 5.15. The number of anilines is 1. The van der Waals surface area contributed by atoms with Crippen LogP contribution in [0.2, 0.25) is 0 Å². The summed E-state index contributed by atoms with van der Waals surface area (Å²) in [6, 6.07) is 2.05. The van der Waals surface area contributed by atoms with E-state index in [1.807, 2.05) is 17.6 Å². The molecule has 2 aromatic heterocycles. The lowest BCUT2D eigenvalue weighted by molar-refractivity contribution is 0.205. The van der Waals surface area contributed by atoms with Crippen molar-refractivity contribution in [3.8, 4) is 0 Å². The summed E-state index contributed by atoms with van der Waals surface area (Å²) in [6.45, 7) is 4.38. The summed E-state index contributed by atoms with van der Waals surface area (Å²) in [6.07, 6.45) is 3.65. The molecule has 2 rings (SSSR count). The Kier molecular flexibility index (Phi) is 4.54. The number of halogens is 1. The van der Waals surface area contributed by atoms with E-state index >= 15 is 0 Å². The lowest BCUT2D eigenvalue weighted by Gasteiger charge is -2.22. The van der Waals surface area contributed by atoms with Gasteiger partial charge >= 0.3 is 0 Å². The van der Waals surface area contributed by atoms with Crippen molar-refractivity contribution < 1.29 is 4.74 Å². The summed E-state index contributed by atoms with van der Waals surface area (Å²) < 4.78 is 7.02. The Balaban J connectivity index is 2.36. The number of methoxy groups -OCH3 is 1. The number of alkyl halides is 1. The molecular weight excluding hydrogens is 296 g/mol. The molecule has 6 heteroatoms. The van der Waals surface area contributed by atoms with Gasteiger partial charge in [-0.2, -0.15) is 5.10 Å². The van der Waals surface area contributed by atoms with Gasteiger partial charge in [0.2, 0.25) is 0 Å². The Morgan fingerprint density at radius 1 is 1.44 bits per heavy atom. The van der Waals surface area contributed by atoms with Crippen molar-refractivity contribution in [1.82, 2.24) is 14.6 Å². The molecule has 2 aromatic rings. The minimum atomic E-state index is 0.683. The van der Waals surface area contributed by atoms with Crippen molar-refractivity contribution in [3.05, 3.63) is 24.2 Å². The summed E-state index contributed by atoms with van der Waals surface area (Å²) in [7, 11) is 1.71. The molecule has 98 valence electrons. The molecule has 0 radical (unpaired) electrons. The van der Waals surface area contributed by atoms with E-state index in [0.29, 0.717) is 6.61 Å². The van der Waals surface area contributed by atoms with Crippen molar-refractivity contribution in [2.24, 2.45) is 0 Å².